The molecule has 0 bridgehead atoms. The van der Waals surface area contributed by atoms with Gasteiger partial charge in [0, 0.05) is 19.6 Å². The fraction of sp³-hybridized carbons (Fsp3) is 0.368. The monoisotopic (exact) mass is 366 g/mol. The molecule has 2 amide bonds. The zero-order valence-corrected chi connectivity index (χ0v) is 15.2. The molecule has 0 radical (unpaired) electrons. The molecule has 0 saturated carbocycles. The second-order valence-corrected chi connectivity index (χ2v) is 6.77. The van der Waals surface area contributed by atoms with E-state index in [0.29, 0.717) is 38.3 Å². The zero-order chi connectivity index (χ0) is 18.8. The summed E-state index contributed by atoms with van der Waals surface area (Å²) < 4.78 is 2.01. The number of para-hydroxylation sites is 2. The highest BCUT2D eigenvalue weighted by Crippen LogP contribution is 2.19. The molecule has 140 valence electrons. The maximum Gasteiger partial charge on any atom is 0.274 e. The number of fused-ring (bicyclic) bond motifs is 1. The van der Waals surface area contributed by atoms with Crippen LogP contribution in [-0.4, -0.2) is 56.1 Å². The summed E-state index contributed by atoms with van der Waals surface area (Å²) >= 11 is 0. The summed E-state index contributed by atoms with van der Waals surface area (Å²) in [6, 6.07) is 9.68. The Bertz CT molecular complexity index is 975. The van der Waals surface area contributed by atoms with Gasteiger partial charge in [-0.3, -0.25) is 14.7 Å². The van der Waals surface area contributed by atoms with E-state index in [4.69, 9.17) is 0 Å². The number of carbonyl (C=O) groups excluding carboxylic acids is 2. The number of benzene rings is 1. The molecule has 1 aromatic carbocycles. The Hall–Kier alpha value is -3.16. The first-order valence-electron chi connectivity index (χ1n) is 9.17. The van der Waals surface area contributed by atoms with E-state index in [1.807, 2.05) is 35.8 Å². The highest BCUT2D eigenvalue weighted by molar-refractivity contribution is 5.93. The first-order chi connectivity index (χ1) is 13.2. The van der Waals surface area contributed by atoms with Crippen LogP contribution in [0.5, 0.6) is 0 Å². The normalized spacial score (nSPS) is 16.8. The summed E-state index contributed by atoms with van der Waals surface area (Å²) in [5.74, 6) is -0.257. The molecule has 27 heavy (non-hydrogen) atoms. The topological polar surface area (TPSA) is 95.9 Å². The predicted molar refractivity (Wildman–Crippen MR) is 100 cm³/mol. The van der Waals surface area contributed by atoms with Gasteiger partial charge in [-0.05, 0) is 31.5 Å². The first kappa shape index (κ1) is 17.3. The standard InChI is InChI=1S/C19H22N6O2/c1-2-20-18(26)13-7-8-24(10-13)19(27)16-9-14(22-23-16)11-25-12-21-15-5-3-4-6-17(15)25/h3-6,9,12-13H,2,7-8,10-11H2,1H3,(H,20,26)(H,22,23). The highest BCUT2D eigenvalue weighted by atomic mass is 16.2. The molecule has 0 aliphatic carbocycles. The van der Waals surface area contributed by atoms with E-state index in [2.05, 4.69) is 20.5 Å². The molecule has 1 aliphatic rings. The first-order valence-corrected chi connectivity index (χ1v) is 9.17. The van der Waals surface area contributed by atoms with Crippen LogP contribution in [0.25, 0.3) is 11.0 Å². The van der Waals surface area contributed by atoms with Gasteiger partial charge < -0.3 is 14.8 Å². The minimum Gasteiger partial charge on any atom is -0.356 e. The number of nitrogens with one attached hydrogen (secondary N) is 2. The number of hydrogen-bond acceptors (Lipinski definition) is 4. The van der Waals surface area contributed by atoms with E-state index in [1.54, 1.807) is 17.3 Å². The van der Waals surface area contributed by atoms with Gasteiger partial charge in [-0.15, -0.1) is 0 Å². The predicted octanol–water partition coefficient (Wildman–Crippen LogP) is 1.41. The Labute approximate surface area is 156 Å². The molecule has 1 atom stereocenters. The van der Waals surface area contributed by atoms with Gasteiger partial charge in [0.2, 0.25) is 5.91 Å². The molecule has 3 aromatic rings. The number of aromatic nitrogens is 4. The van der Waals surface area contributed by atoms with Crippen LogP contribution in [0.15, 0.2) is 36.7 Å². The number of H-pyrrole nitrogens is 1. The lowest BCUT2D eigenvalue weighted by Crippen LogP contribution is -2.34. The quantitative estimate of drug-likeness (QED) is 0.713. The van der Waals surface area contributed by atoms with Crippen LogP contribution < -0.4 is 5.32 Å². The fourth-order valence-electron chi connectivity index (χ4n) is 3.51. The number of imidazole rings is 1. The third kappa shape index (κ3) is 3.42. The Morgan fingerprint density at radius 3 is 3.04 bits per heavy atom. The van der Waals surface area contributed by atoms with E-state index in [9.17, 15) is 9.59 Å². The molecule has 8 heteroatoms. The van der Waals surface area contributed by atoms with Crippen molar-refractivity contribution in [3.05, 3.63) is 48.0 Å². The number of rotatable bonds is 5. The molecule has 0 spiro atoms. The van der Waals surface area contributed by atoms with Crippen LogP contribution in [0, 0.1) is 5.92 Å². The van der Waals surface area contributed by atoms with Crippen molar-refractivity contribution in [2.75, 3.05) is 19.6 Å². The summed E-state index contributed by atoms with van der Waals surface area (Å²) in [5, 5.41) is 9.94. The number of likely N-dealkylation sites (tertiary alicyclic amines) is 1. The Balaban J connectivity index is 1.43. The van der Waals surface area contributed by atoms with E-state index in [1.165, 1.54) is 0 Å². The number of amides is 2. The van der Waals surface area contributed by atoms with Gasteiger partial charge in [-0.2, -0.15) is 5.10 Å². The van der Waals surface area contributed by atoms with Crippen LogP contribution in [0.2, 0.25) is 0 Å². The lowest BCUT2D eigenvalue weighted by atomic mass is 10.1. The van der Waals surface area contributed by atoms with Crippen molar-refractivity contribution in [2.24, 2.45) is 5.92 Å². The molecule has 8 nitrogen and oxygen atoms in total. The SMILES string of the molecule is CCNC(=O)C1CCN(C(=O)c2cc(Cn3cnc4ccccc43)[nH]n2)C1. The molecule has 4 rings (SSSR count). The average molecular weight is 366 g/mol. The average Bonchev–Trinajstić information content (AvgIpc) is 3.42. The van der Waals surface area contributed by atoms with Crippen LogP contribution >= 0.6 is 0 Å². The Morgan fingerprint density at radius 2 is 2.19 bits per heavy atom. The molecule has 2 aromatic heterocycles. The van der Waals surface area contributed by atoms with E-state index < -0.39 is 0 Å². The Morgan fingerprint density at radius 1 is 1.33 bits per heavy atom. The van der Waals surface area contributed by atoms with Crippen molar-refractivity contribution >= 4 is 22.8 Å². The van der Waals surface area contributed by atoms with Crippen molar-refractivity contribution in [3.63, 3.8) is 0 Å². The van der Waals surface area contributed by atoms with Crippen molar-refractivity contribution in [3.8, 4) is 0 Å². The second-order valence-electron chi connectivity index (χ2n) is 6.77. The van der Waals surface area contributed by atoms with Gasteiger partial charge in [0.05, 0.1) is 35.5 Å². The van der Waals surface area contributed by atoms with Crippen molar-refractivity contribution in [2.45, 2.75) is 19.9 Å². The van der Waals surface area contributed by atoms with E-state index >= 15 is 0 Å². The second kappa shape index (κ2) is 7.22. The van der Waals surface area contributed by atoms with Gasteiger partial charge >= 0.3 is 0 Å². The number of nitrogens with zero attached hydrogens (tertiary/aromatic N) is 4. The fourth-order valence-corrected chi connectivity index (χ4v) is 3.51. The number of hydrogen-bond donors (Lipinski definition) is 2. The van der Waals surface area contributed by atoms with Crippen LogP contribution in [0.1, 0.15) is 29.5 Å². The smallest absolute Gasteiger partial charge is 0.274 e. The lowest BCUT2D eigenvalue weighted by Gasteiger charge is -2.14. The van der Waals surface area contributed by atoms with Crippen LogP contribution in [0.4, 0.5) is 0 Å². The zero-order valence-electron chi connectivity index (χ0n) is 15.2. The van der Waals surface area contributed by atoms with Gasteiger partial charge in [0.25, 0.3) is 5.91 Å². The maximum absolute atomic E-state index is 12.7. The van der Waals surface area contributed by atoms with Gasteiger partial charge in [0.1, 0.15) is 5.69 Å². The lowest BCUT2D eigenvalue weighted by molar-refractivity contribution is -0.124. The summed E-state index contributed by atoms with van der Waals surface area (Å²) in [6.45, 7) is 4.08. The van der Waals surface area contributed by atoms with E-state index in [-0.39, 0.29) is 17.7 Å². The van der Waals surface area contributed by atoms with Gasteiger partial charge in [-0.25, -0.2) is 4.98 Å². The van der Waals surface area contributed by atoms with Gasteiger partial charge in [0.15, 0.2) is 0 Å². The molecule has 1 fully saturated rings. The summed E-state index contributed by atoms with van der Waals surface area (Å²) in [5.41, 5.74) is 3.18. The molecule has 3 heterocycles. The largest absolute Gasteiger partial charge is 0.356 e. The van der Waals surface area contributed by atoms with Crippen molar-refractivity contribution in [1.82, 2.24) is 30.0 Å². The number of aromatic amines is 1. The minimum atomic E-state index is -0.139. The molecule has 1 unspecified atom stereocenters. The molecular formula is C19H22N6O2. The molecule has 1 saturated heterocycles. The summed E-state index contributed by atoms with van der Waals surface area (Å²) in [6.07, 6.45) is 2.47. The number of carbonyl (C=O) groups is 2. The minimum absolute atomic E-state index is 0.0162. The Kier molecular flexibility index (Phi) is 4.62. The summed E-state index contributed by atoms with van der Waals surface area (Å²) in [7, 11) is 0. The van der Waals surface area contributed by atoms with Crippen molar-refractivity contribution in [1.29, 1.82) is 0 Å². The van der Waals surface area contributed by atoms with Gasteiger partial charge in [-0.1, -0.05) is 12.1 Å². The molecule has 2 N–H and O–H groups in total. The van der Waals surface area contributed by atoms with Crippen LogP contribution in [0.3, 0.4) is 0 Å². The summed E-state index contributed by atoms with van der Waals surface area (Å²) in [4.78, 5) is 30.7. The van der Waals surface area contributed by atoms with Crippen molar-refractivity contribution < 1.29 is 9.59 Å². The maximum atomic E-state index is 12.7. The molecular weight excluding hydrogens is 344 g/mol. The highest BCUT2D eigenvalue weighted by Gasteiger charge is 2.32. The molecule has 1 aliphatic heterocycles. The van der Waals surface area contributed by atoms with Crippen LogP contribution in [-0.2, 0) is 11.3 Å². The van der Waals surface area contributed by atoms with E-state index in [0.717, 1.165) is 16.7 Å². The third-order valence-corrected chi connectivity index (χ3v) is 4.92. The third-order valence-electron chi connectivity index (χ3n) is 4.92.